The molecule has 1 amide bonds. The van der Waals surface area contributed by atoms with Crippen LogP contribution >= 0.6 is 0 Å². The first-order chi connectivity index (χ1) is 10.5. The average molecular weight is 305 g/mol. The third-order valence-corrected chi connectivity index (χ3v) is 6.85. The second kappa shape index (κ2) is 5.24. The summed E-state index contributed by atoms with van der Waals surface area (Å²) >= 11 is 0. The number of hydrogen-bond donors (Lipinski definition) is 2. The molecular formula is C18H27NO3. The third kappa shape index (κ3) is 2.65. The van der Waals surface area contributed by atoms with Crippen LogP contribution in [0.3, 0.4) is 0 Å². The van der Waals surface area contributed by atoms with Gasteiger partial charge >= 0.3 is 5.97 Å². The summed E-state index contributed by atoms with van der Waals surface area (Å²) in [5.41, 5.74) is 0.281. The van der Waals surface area contributed by atoms with Crippen molar-refractivity contribution in [1.29, 1.82) is 0 Å². The van der Waals surface area contributed by atoms with Gasteiger partial charge in [0, 0.05) is 12.5 Å². The van der Waals surface area contributed by atoms with Gasteiger partial charge in [-0.2, -0.15) is 0 Å². The highest BCUT2D eigenvalue weighted by atomic mass is 16.4. The van der Waals surface area contributed by atoms with E-state index in [0.29, 0.717) is 19.3 Å². The summed E-state index contributed by atoms with van der Waals surface area (Å²) in [5.74, 6) is 1.84. The Morgan fingerprint density at radius 2 is 1.55 bits per heavy atom. The van der Waals surface area contributed by atoms with Crippen LogP contribution in [-0.4, -0.2) is 23.0 Å². The average Bonchev–Trinajstić information content (AvgIpc) is 2.84. The quantitative estimate of drug-likeness (QED) is 0.839. The monoisotopic (exact) mass is 305 g/mol. The van der Waals surface area contributed by atoms with Crippen LogP contribution in [0.5, 0.6) is 0 Å². The van der Waals surface area contributed by atoms with Gasteiger partial charge in [-0.15, -0.1) is 0 Å². The molecule has 22 heavy (non-hydrogen) atoms. The van der Waals surface area contributed by atoms with Crippen molar-refractivity contribution < 1.29 is 14.7 Å². The van der Waals surface area contributed by atoms with Gasteiger partial charge in [0.1, 0.15) is 0 Å². The lowest BCUT2D eigenvalue weighted by Crippen LogP contribution is -2.48. The largest absolute Gasteiger partial charge is 0.481 e. The fourth-order valence-corrected chi connectivity index (χ4v) is 6.46. The molecule has 0 aliphatic heterocycles. The number of carboxylic acids is 1. The van der Waals surface area contributed by atoms with Crippen LogP contribution < -0.4 is 5.32 Å². The SMILES string of the molecule is O=C(CC12CC3CC(CC(C3)C1)C2)N[C@@H]1CC[C@H](C(=O)O)C1. The van der Waals surface area contributed by atoms with Crippen LogP contribution in [0.4, 0.5) is 0 Å². The molecule has 2 atom stereocenters. The van der Waals surface area contributed by atoms with E-state index in [1.54, 1.807) is 0 Å². The minimum absolute atomic E-state index is 0.0857. The molecule has 5 saturated carbocycles. The van der Waals surface area contributed by atoms with Crippen LogP contribution in [0.2, 0.25) is 0 Å². The van der Waals surface area contributed by atoms with E-state index >= 15 is 0 Å². The molecule has 5 fully saturated rings. The van der Waals surface area contributed by atoms with Gasteiger partial charge in [0.2, 0.25) is 5.91 Å². The summed E-state index contributed by atoms with van der Waals surface area (Å²) in [5, 5.41) is 12.2. The summed E-state index contributed by atoms with van der Waals surface area (Å²) in [6, 6.07) is 0.0857. The van der Waals surface area contributed by atoms with Gasteiger partial charge in [-0.25, -0.2) is 0 Å². The number of rotatable bonds is 4. The van der Waals surface area contributed by atoms with Crippen molar-refractivity contribution >= 4 is 11.9 Å². The molecule has 2 N–H and O–H groups in total. The molecule has 4 heteroatoms. The standard InChI is InChI=1S/C18H27NO3/c20-16(19-15-2-1-14(6-15)17(21)22)10-18-7-11-3-12(8-18)5-13(4-11)9-18/h11-15H,1-10H2,(H,19,20)(H,21,22)/t11?,12?,13?,14-,15+,18?/m0/s1. The van der Waals surface area contributed by atoms with Gasteiger partial charge in [-0.3, -0.25) is 9.59 Å². The Kier molecular flexibility index (Phi) is 3.46. The fraction of sp³-hybridized carbons (Fsp3) is 0.889. The van der Waals surface area contributed by atoms with Crippen molar-refractivity contribution in [1.82, 2.24) is 5.32 Å². The van der Waals surface area contributed by atoms with Gasteiger partial charge in [-0.1, -0.05) is 0 Å². The Balaban J connectivity index is 1.34. The first-order valence-electron chi connectivity index (χ1n) is 9.03. The Labute approximate surface area is 132 Å². The number of carboxylic acid groups (broad SMARTS) is 1. The zero-order valence-electron chi connectivity index (χ0n) is 13.2. The molecule has 4 bridgehead atoms. The number of hydrogen-bond acceptors (Lipinski definition) is 2. The van der Waals surface area contributed by atoms with E-state index < -0.39 is 5.97 Å². The molecule has 5 aliphatic carbocycles. The molecule has 0 unspecified atom stereocenters. The maximum absolute atomic E-state index is 12.5. The lowest BCUT2D eigenvalue weighted by molar-refractivity contribution is -0.141. The molecule has 0 spiro atoms. The van der Waals surface area contributed by atoms with Crippen LogP contribution in [0.25, 0.3) is 0 Å². The van der Waals surface area contributed by atoms with Crippen molar-refractivity contribution in [3.8, 4) is 0 Å². The van der Waals surface area contributed by atoms with E-state index in [1.165, 1.54) is 38.5 Å². The molecule has 5 rings (SSSR count). The Morgan fingerprint density at radius 1 is 0.955 bits per heavy atom. The zero-order valence-corrected chi connectivity index (χ0v) is 13.2. The first-order valence-corrected chi connectivity index (χ1v) is 9.03. The molecule has 0 aromatic heterocycles. The van der Waals surface area contributed by atoms with Crippen molar-refractivity contribution in [3.63, 3.8) is 0 Å². The topological polar surface area (TPSA) is 66.4 Å². The third-order valence-electron chi connectivity index (χ3n) is 6.85. The highest BCUT2D eigenvalue weighted by Crippen LogP contribution is 2.61. The van der Waals surface area contributed by atoms with E-state index in [-0.39, 0.29) is 23.3 Å². The predicted molar refractivity (Wildman–Crippen MR) is 82.1 cm³/mol. The lowest BCUT2D eigenvalue weighted by Gasteiger charge is -2.56. The second-order valence-electron chi connectivity index (χ2n) is 8.71. The summed E-state index contributed by atoms with van der Waals surface area (Å²) in [4.78, 5) is 23.5. The Bertz CT molecular complexity index is 451. The number of nitrogens with one attached hydrogen (secondary N) is 1. The molecule has 4 nitrogen and oxygen atoms in total. The van der Waals surface area contributed by atoms with E-state index in [4.69, 9.17) is 5.11 Å². The van der Waals surface area contributed by atoms with E-state index in [0.717, 1.165) is 24.2 Å². The Morgan fingerprint density at radius 3 is 2.05 bits per heavy atom. The van der Waals surface area contributed by atoms with Gasteiger partial charge in [0.15, 0.2) is 0 Å². The molecule has 5 aliphatic rings. The van der Waals surface area contributed by atoms with E-state index in [1.807, 2.05) is 0 Å². The summed E-state index contributed by atoms with van der Waals surface area (Å²) in [7, 11) is 0. The van der Waals surface area contributed by atoms with Crippen LogP contribution in [0.15, 0.2) is 0 Å². The highest BCUT2D eigenvalue weighted by molar-refractivity contribution is 5.77. The smallest absolute Gasteiger partial charge is 0.306 e. The lowest BCUT2D eigenvalue weighted by atomic mass is 9.49. The normalized spacial score (nSPS) is 45.9. The van der Waals surface area contributed by atoms with Crippen LogP contribution in [-0.2, 0) is 9.59 Å². The zero-order chi connectivity index (χ0) is 15.3. The second-order valence-corrected chi connectivity index (χ2v) is 8.71. The predicted octanol–water partition coefficient (Wildman–Crippen LogP) is 2.96. The van der Waals surface area contributed by atoms with Crippen LogP contribution in [0.1, 0.15) is 64.2 Å². The summed E-state index contributed by atoms with van der Waals surface area (Å²) in [6.07, 6.45) is 10.8. The molecule has 0 heterocycles. The molecular weight excluding hydrogens is 278 g/mol. The highest BCUT2D eigenvalue weighted by Gasteiger charge is 2.51. The number of aliphatic carboxylic acids is 1. The maximum Gasteiger partial charge on any atom is 0.306 e. The molecule has 0 aromatic rings. The minimum Gasteiger partial charge on any atom is -0.481 e. The van der Waals surface area contributed by atoms with Gasteiger partial charge < -0.3 is 10.4 Å². The van der Waals surface area contributed by atoms with Crippen molar-refractivity contribution in [3.05, 3.63) is 0 Å². The Hall–Kier alpha value is -1.06. The van der Waals surface area contributed by atoms with E-state index in [2.05, 4.69) is 5.32 Å². The first kappa shape index (κ1) is 14.5. The number of carbonyl (C=O) groups is 2. The summed E-state index contributed by atoms with van der Waals surface area (Å²) in [6.45, 7) is 0. The van der Waals surface area contributed by atoms with Crippen LogP contribution in [0, 0.1) is 29.1 Å². The van der Waals surface area contributed by atoms with Gasteiger partial charge in [-0.05, 0) is 81.0 Å². The van der Waals surface area contributed by atoms with Crippen molar-refractivity contribution in [2.75, 3.05) is 0 Å². The minimum atomic E-state index is -0.710. The van der Waals surface area contributed by atoms with Gasteiger partial charge in [0.05, 0.1) is 5.92 Å². The van der Waals surface area contributed by atoms with Crippen molar-refractivity contribution in [2.24, 2.45) is 29.1 Å². The number of amides is 1. The van der Waals surface area contributed by atoms with Crippen molar-refractivity contribution in [2.45, 2.75) is 70.3 Å². The molecule has 0 radical (unpaired) electrons. The molecule has 122 valence electrons. The maximum atomic E-state index is 12.5. The summed E-state index contributed by atoms with van der Waals surface area (Å²) < 4.78 is 0. The van der Waals surface area contributed by atoms with Gasteiger partial charge in [0.25, 0.3) is 0 Å². The van der Waals surface area contributed by atoms with E-state index in [9.17, 15) is 9.59 Å². The molecule has 0 aromatic carbocycles. The number of carbonyl (C=O) groups excluding carboxylic acids is 1. The fourth-order valence-electron chi connectivity index (χ4n) is 6.46. The molecule has 0 saturated heterocycles.